The highest BCUT2D eigenvalue weighted by atomic mass is 16.5. The second-order valence-electron chi connectivity index (χ2n) is 8.16. The Morgan fingerprint density at radius 2 is 1.48 bits per heavy atom. The molecule has 0 unspecified atom stereocenters. The molecule has 2 heteroatoms. The van der Waals surface area contributed by atoms with Crippen LogP contribution < -0.4 is 4.74 Å². The normalized spacial score (nSPS) is 29.9. The Balaban J connectivity index is 1.73. The topological polar surface area (TPSA) is 18.5 Å². The van der Waals surface area contributed by atoms with Crippen LogP contribution in [0.5, 0.6) is 5.75 Å². The molecule has 0 radical (unpaired) electrons. The van der Waals surface area contributed by atoms with E-state index in [1.807, 2.05) is 7.11 Å². The van der Waals surface area contributed by atoms with Gasteiger partial charge in [0.15, 0.2) is 0 Å². The van der Waals surface area contributed by atoms with Crippen LogP contribution in [0.1, 0.15) is 37.7 Å². The summed E-state index contributed by atoms with van der Waals surface area (Å²) in [6.45, 7) is 0. The molecule has 130 valence electrons. The summed E-state index contributed by atoms with van der Waals surface area (Å²) in [7, 11) is 3.61. The first-order valence-electron chi connectivity index (χ1n) is 9.62. The predicted molar refractivity (Wildman–Crippen MR) is 101 cm³/mol. The maximum absolute atomic E-state index is 6.09. The zero-order valence-electron chi connectivity index (χ0n) is 15.1. The zero-order chi connectivity index (χ0) is 17.0. The molecule has 25 heavy (non-hydrogen) atoms. The molecule has 4 bridgehead atoms. The third-order valence-corrected chi connectivity index (χ3v) is 6.82. The van der Waals surface area contributed by atoms with Crippen molar-refractivity contribution in [3.63, 3.8) is 0 Å². The van der Waals surface area contributed by atoms with Crippen LogP contribution in [0.3, 0.4) is 0 Å². The van der Waals surface area contributed by atoms with Crippen molar-refractivity contribution in [2.75, 3.05) is 14.2 Å². The van der Waals surface area contributed by atoms with E-state index in [4.69, 9.17) is 9.47 Å². The lowest BCUT2D eigenvalue weighted by molar-refractivity contribution is 0.0675. The molecule has 2 aromatic carbocycles. The molecule has 2 nitrogen and oxygen atoms in total. The van der Waals surface area contributed by atoms with Crippen LogP contribution in [0.15, 0.2) is 42.0 Å². The first-order chi connectivity index (χ1) is 12.3. The predicted octanol–water partition coefficient (Wildman–Crippen LogP) is 5.66. The number of hydrogen-bond acceptors (Lipinski definition) is 2. The third kappa shape index (κ3) is 2.30. The summed E-state index contributed by atoms with van der Waals surface area (Å²) in [4.78, 5) is 0. The van der Waals surface area contributed by atoms with E-state index in [9.17, 15) is 0 Å². The van der Waals surface area contributed by atoms with Gasteiger partial charge in [-0.25, -0.2) is 0 Å². The molecule has 0 aliphatic heterocycles. The fraction of sp³-hybridized carbons (Fsp3) is 0.478. The van der Waals surface area contributed by atoms with Crippen LogP contribution in [0.4, 0.5) is 0 Å². The SMILES string of the molecule is COC(=C1C2CC3CC(C2)CC1C3)c1cccc2cccc(OC)c12. The minimum atomic E-state index is 0.733. The first kappa shape index (κ1) is 15.3. The monoisotopic (exact) mass is 334 g/mol. The zero-order valence-corrected chi connectivity index (χ0v) is 15.1. The average molecular weight is 334 g/mol. The molecule has 0 saturated heterocycles. The molecule has 4 saturated carbocycles. The quantitative estimate of drug-likeness (QED) is 0.674. The van der Waals surface area contributed by atoms with Crippen molar-refractivity contribution in [2.24, 2.45) is 23.7 Å². The summed E-state index contributed by atoms with van der Waals surface area (Å²) in [6.07, 6.45) is 6.97. The van der Waals surface area contributed by atoms with E-state index < -0.39 is 0 Å². The molecule has 0 aromatic heterocycles. The van der Waals surface area contributed by atoms with Gasteiger partial charge in [-0.1, -0.05) is 30.3 Å². The highest BCUT2D eigenvalue weighted by Gasteiger charge is 2.46. The molecule has 4 aliphatic rings. The highest BCUT2D eigenvalue weighted by molar-refractivity contribution is 5.97. The number of rotatable bonds is 3. The van der Waals surface area contributed by atoms with Gasteiger partial charge in [-0.3, -0.25) is 0 Å². The molecule has 0 N–H and O–H groups in total. The summed E-state index contributed by atoms with van der Waals surface area (Å²) < 4.78 is 11.8. The average Bonchev–Trinajstić information content (AvgIpc) is 2.63. The van der Waals surface area contributed by atoms with Gasteiger partial charge >= 0.3 is 0 Å². The van der Waals surface area contributed by atoms with Crippen LogP contribution in [0.2, 0.25) is 0 Å². The van der Waals surface area contributed by atoms with Gasteiger partial charge in [-0.2, -0.15) is 0 Å². The Morgan fingerprint density at radius 1 is 0.840 bits per heavy atom. The summed E-state index contributed by atoms with van der Waals surface area (Å²) in [5.41, 5.74) is 2.81. The maximum atomic E-state index is 6.09. The molecule has 4 aliphatic carbocycles. The van der Waals surface area contributed by atoms with Gasteiger partial charge in [-0.15, -0.1) is 0 Å². The summed E-state index contributed by atoms with van der Waals surface area (Å²) in [6, 6.07) is 12.8. The van der Waals surface area contributed by atoms with Crippen molar-refractivity contribution in [3.05, 3.63) is 47.5 Å². The smallest absolute Gasteiger partial charge is 0.127 e. The van der Waals surface area contributed by atoms with Crippen LogP contribution >= 0.6 is 0 Å². The number of allylic oxidation sites excluding steroid dienone is 1. The van der Waals surface area contributed by atoms with E-state index in [2.05, 4.69) is 36.4 Å². The Kier molecular flexibility index (Phi) is 3.55. The van der Waals surface area contributed by atoms with E-state index in [0.717, 1.165) is 35.2 Å². The second-order valence-corrected chi connectivity index (χ2v) is 8.16. The van der Waals surface area contributed by atoms with Gasteiger partial charge in [-0.05, 0) is 72.8 Å². The first-order valence-corrected chi connectivity index (χ1v) is 9.62. The summed E-state index contributed by atoms with van der Waals surface area (Å²) >= 11 is 0. The number of fused-ring (bicyclic) bond motifs is 1. The molecule has 0 amide bonds. The Morgan fingerprint density at radius 3 is 2.08 bits per heavy atom. The van der Waals surface area contributed by atoms with Gasteiger partial charge in [0.1, 0.15) is 11.5 Å². The van der Waals surface area contributed by atoms with Crippen molar-refractivity contribution < 1.29 is 9.47 Å². The Labute approximate surface area is 149 Å². The number of hydrogen-bond donors (Lipinski definition) is 0. The van der Waals surface area contributed by atoms with Crippen molar-refractivity contribution >= 4 is 16.5 Å². The lowest BCUT2D eigenvalue weighted by Crippen LogP contribution is -2.40. The Bertz CT molecular complexity index is 813. The maximum Gasteiger partial charge on any atom is 0.127 e. The van der Waals surface area contributed by atoms with Gasteiger partial charge in [0.05, 0.1) is 14.2 Å². The minimum Gasteiger partial charge on any atom is -0.496 e. The molecular formula is C23H26O2. The van der Waals surface area contributed by atoms with Gasteiger partial charge in [0, 0.05) is 10.9 Å². The molecule has 0 spiro atoms. The van der Waals surface area contributed by atoms with Crippen LogP contribution in [0.25, 0.3) is 16.5 Å². The molecule has 0 atom stereocenters. The number of methoxy groups -OCH3 is 2. The van der Waals surface area contributed by atoms with Gasteiger partial charge in [0.2, 0.25) is 0 Å². The van der Waals surface area contributed by atoms with Crippen molar-refractivity contribution in [2.45, 2.75) is 32.1 Å². The third-order valence-electron chi connectivity index (χ3n) is 6.82. The van der Waals surface area contributed by atoms with Crippen LogP contribution in [-0.4, -0.2) is 14.2 Å². The molecular weight excluding hydrogens is 308 g/mol. The fourth-order valence-corrected chi connectivity index (χ4v) is 6.11. The van der Waals surface area contributed by atoms with E-state index in [0.29, 0.717) is 0 Å². The standard InChI is InChI=1S/C23H26O2/c1-24-20-8-4-6-16-5-3-7-19(22(16)20)23(25-2)21-17-10-14-9-15(12-17)13-18(21)11-14/h3-8,14-15,17-18H,9-13H2,1-2H3. The number of benzene rings is 2. The fourth-order valence-electron chi connectivity index (χ4n) is 6.11. The van der Waals surface area contributed by atoms with Crippen LogP contribution in [-0.2, 0) is 4.74 Å². The molecule has 0 heterocycles. The van der Waals surface area contributed by atoms with E-state index in [1.165, 1.54) is 48.4 Å². The molecule has 6 rings (SSSR count). The van der Waals surface area contributed by atoms with Gasteiger partial charge in [0.25, 0.3) is 0 Å². The van der Waals surface area contributed by atoms with Crippen LogP contribution in [0, 0.1) is 23.7 Å². The largest absolute Gasteiger partial charge is 0.496 e. The number of ether oxygens (including phenoxy) is 2. The van der Waals surface area contributed by atoms with E-state index in [1.54, 1.807) is 12.7 Å². The lowest BCUT2D eigenvalue weighted by Gasteiger charge is -2.51. The summed E-state index contributed by atoms with van der Waals surface area (Å²) in [5.74, 6) is 5.46. The van der Waals surface area contributed by atoms with E-state index >= 15 is 0 Å². The molecule has 4 fully saturated rings. The van der Waals surface area contributed by atoms with E-state index in [-0.39, 0.29) is 0 Å². The van der Waals surface area contributed by atoms with Crippen molar-refractivity contribution in [3.8, 4) is 5.75 Å². The summed E-state index contributed by atoms with van der Waals surface area (Å²) in [5, 5.41) is 2.40. The van der Waals surface area contributed by atoms with Crippen molar-refractivity contribution in [1.82, 2.24) is 0 Å². The van der Waals surface area contributed by atoms with Crippen molar-refractivity contribution in [1.29, 1.82) is 0 Å². The second kappa shape index (κ2) is 5.79. The minimum absolute atomic E-state index is 0.733. The Hall–Kier alpha value is -1.96. The molecule has 2 aromatic rings. The van der Waals surface area contributed by atoms with Gasteiger partial charge < -0.3 is 9.47 Å². The highest BCUT2D eigenvalue weighted by Crippen LogP contribution is 2.58. The lowest BCUT2D eigenvalue weighted by atomic mass is 9.54.